The summed E-state index contributed by atoms with van der Waals surface area (Å²) in [5, 5.41) is 9.65. The van der Waals surface area contributed by atoms with Gasteiger partial charge in [0.25, 0.3) is 0 Å². The lowest BCUT2D eigenvalue weighted by atomic mass is 10.1. The molecule has 0 aliphatic rings. The molecule has 0 aliphatic heterocycles. The molecule has 16 heavy (non-hydrogen) atoms. The number of aromatic hydroxyl groups is 1. The third-order valence-electron chi connectivity index (χ3n) is 2.49. The fraction of sp³-hybridized carbons (Fsp3) is 0.231. The van der Waals surface area contributed by atoms with Crippen LogP contribution in [0.1, 0.15) is 17.7 Å². The van der Waals surface area contributed by atoms with Crippen molar-refractivity contribution in [1.29, 1.82) is 0 Å². The Labute approximate surface area is 103 Å². The summed E-state index contributed by atoms with van der Waals surface area (Å²) in [7, 11) is 0. The van der Waals surface area contributed by atoms with Crippen LogP contribution in [0.3, 0.4) is 0 Å². The van der Waals surface area contributed by atoms with Gasteiger partial charge in [0.2, 0.25) is 0 Å². The Morgan fingerprint density at radius 3 is 2.81 bits per heavy atom. The summed E-state index contributed by atoms with van der Waals surface area (Å²) >= 11 is 3.40. The first kappa shape index (κ1) is 11.3. The number of furan rings is 1. The Bertz CT molecular complexity index is 449. The highest BCUT2D eigenvalue weighted by Crippen LogP contribution is 2.23. The van der Waals surface area contributed by atoms with Crippen LogP contribution in [0.4, 0.5) is 0 Å². The van der Waals surface area contributed by atoms with Crippen LogP contribution in [0.15, 0.2) is 45.5 Å². The molecule has 1 N–H and O–H groups in total. The van der Waals surface area contributed by atoms with E-state index in [0.29, 0.717) is 5.75 Å². The molecular formula is C13H13BrO2. The topological polar surface area (TPSA) is 33.4 Å². The van der Waals surface area contributed by atoms with Crippen molar-refractivity contribution < 1.29 is 9.52 Å². The van der Waals surface area contributed by atoms with Crippen LogP contribution in [0.2, 0.25) is 0 Å². The second kappa shape index (κ2) is 5.21. The third-order valence-corrected chi connectivity index (χ3v) is 2.98. The monoisotopic (exact) mass is 280 g/mol. The number of phenols is 1. The number of hydrogen-bond acceptors (Lipinski definition) is 2. The van der Waals surface area contributed by atoms with Crippen molar-refractivity contribution in [2.75, 3.05) is 0 Å². The van der Waals surface area contributed by atoms with Crippen molar-refractivity contribution in [1.82, 2.24) is 0 Å². The van der Waals surface area contributed by atoms with Gasteiger partial charge in [0.1, 0.15) is 11.5 Å². The summed E-state index contributed by atoms with van der Waals surface area (Å²) in [5.74, 6) is 1.36. The molecule has 0 radical (unpaired) electrons. The number of aryl methyl sites for hydroxylation is 2. The standard InChI is InChI=1S/C13H13BrO2/c14-11-6-7-13(15)10(9-11)3-1-4-12-5-2-8-16-12/h2,5-9,15H,1,3-4H2. The summed E-state index contributed by atoms with van der Waals surface area (Å²) < 4.78 is 6.25. The van der Waals surface area contributed by atoms with Gasteiger partial charge in [-0.05, 0) is 48.7 Å². The molecule has 0 aliphatic carbocycles. The summed E-state index contributed by atoms with van der Waals surface area (Å²) in [4.78, 5) is 0. The molecule has 2 rings (SSSR count). The normalized spacial score (nSPS) is 10.6. The first-order chi connectivity index (χ1) is 7.75. The van der Waals surface area contributed by atoms with Crippen LogP contribution in [0.5, 0.6) is 5.75 Å². The van der Waals surface area contributed by atoms with E-state index in [9.17, 15) is 5.11 Å². The summed E-state index contributed by atoms with van der Waals surface area (Å²) in [6.45, 7) is 0. The predicted molar refractivity (Wildman–Crippen MR) is 66.5 cm³/mol. The van der Waals surface area contributed by atoms with Gasteiger partial charge in [-0.15, -0.1) is 0 Å². The average molecular weight is 281 g/mol. The van der Waals surface area contributed by atoms with Crippen molar-refractivity contribution in [3.05, 3.63) is 52.4 Å². The Hall–Kier alpha value is -1.22. The predicted octanol–water partition coefficient (Wildman–Crippen LogP) is 3.92. The van der Waals surface area contributed by atoms with E-state index in [1.54, 1.807) is 12.3 Å². The van der Waals surface area contributed by atoms with Crippen LogP contribution in [0.25, 0.3) is 0 Å². The molecular weight excluding hydrogens is 268 g/mol. The highest BCUT2D eigenvalue weighted by Gasteiger charge is 2.03. The second-order valence-electron chi connectivity index (χ2n) is 3.71. The molecule has 0 amide bonds. The molecule has 2 nitrogen and oxygen atoms in total. The van der Waals surface area contributed by atoms with Gasteiger partial charge in [0, 0.05) is 10.9 Å². The largest absolute Gasteiger partial charge is 0.508 e. The van der Waals surface area contributed by atoms with Crippen molar-refractivity contribution in [3.63, 3.8) is 0 Å². The fourth-order valence-corrected chi connectivity index (χ4v) is 2.07. The molecule has 2 aromatic rings. The summed E-state index contributed by atoms with van der Waals surface area (Å²) in [6, 6.07) is 9.38. The second-order valence-corrected chi connectivity index (χ2v) is 4.62. The zero-order valence-corrected chi connectivity index (χ0v) is 10.4. The molecule has 0 saturated carbocycles. The van der Waals surface area contributed by atoms with E-state index in [4.69, 9.17) is 4.42 Å². The SMILES string of the molecule is Oc1ccc(Br)cc1CCCc1ccco1. The number of benzene rings is 1. The molecule has 0 unspecified atom stereocenters. The minimum absolute atomic E-state index is 0.364. The highest BCUT2D eigenvalue weighted by molar-refractivity contribution is 9.10. The number of hydrogen-bond donors (Lipinski definition) is 1. The summed E-state index contributed by atoms with van der Waals surface area (Å²) in [5.41, 5.74) is 0.973. The molecule has 84 valence electrons. The minimum Gasteiger partial charge on any atom is -0.508 e. The molecule has 1 aromatic carbocycles. The first-order valence-corrected chi connectivity index (χ1v) is 6.05. The van der Waals surface area contributed by atoms with Crippen molar-refractivity contribution in [3.8, 4) is 5.75 Å². The molecule has 0 atom stereocenters. The molecule has 1 heterocycles. The van der Waals surface area contributed by atoms with E-state index in [1.807, 2.05) is 24.3 Å². The zero-order chi connectivity index (χ0) is 11.4. The Kier molecular flexibility index (Phi) is 3.67. The zero-order valence-electron chi connectivity index (χ0n) is 8.82. The first-order valence-electron chi connectivity index (χ1n) is 5.25. The Morgan fingerprint density at radius 1 is 1.19 bits per heavy atom. The summed E-state index contributed by atoms with van der Waals surface area (Å²) in [6.07, 6.45) is 4.41. The maximum absolute atomic E-state index is 9.65. The lowest BCUT2D eigenvalue weighted by molar-refractivity contribution is 0.464. The molecule has 0 saturated heterocycles. The number of phenolic OH excluding ortho intramolecular Hbond substituents is 1. The highest BCUT2D eigenvalue weighted by atomic mass is 79.9. The van der Waals surface area contributed by atoms with E-state index in [-0.39, 0.29) is 0 Å². The van der Waals surface area contributed by atoms with Crippen molar-refractivity contribution in [2.45, 2.75) is 19.3 Å². The minimum atomic E-state index is 0.364. The van der Waals surface area contributed by atoms with Crippen molar-refractivity contribution >= 4 is 15.9 Å². The van der Waals surface area contributed by atoms with Gasteiger partial charge in [0.05, 0.1) is 6.26 Å². The average Bonchev–Trinajstić information content (AvgIpc) is 2.76. The van der Waals surface area contributed by atoms with Gasteiger partial charge in [-0.3, -0.25) is 0 Å². The fourth-order valence-electron chi connectivity index (χ4n) is 1.66. The van der Waals surface area contributed by atoms with Crippen LogP contribution >= 0.6 is 15.9 Å². The van der Waals surface area contributed by atoms with E-state index < -0.39 is 0 Å². The van der Waals surface area contributed by atoms with Gasteiger partial charge >= 0.3 is 0 Å². The Morgan fingerprint density at radius 2 is 2.06 bits per heavy atom. The van der Waals surface area contributed by atoms with Gasteiger partial charge in [-0.2, -0.15) is 0 Å². The number of halogens is 1. The van der Waals surface area contributed by atoms with E-state index in [1.165, 1.54) is 0 Å². The van der Waals surface area contributed by atoms with E-state index >= 15 is 0 Å². The molecule has 0 fully saturated rings. The van der Waals surface area contributed by atoms with Crippen LogP contribution in [-0.2, 0) is 12.8 Å². The maximum Gasteiger partial charge on any atom is 0.118 e. The molecule has 3 heteroatoms. The lowest BCUT2D eigenvalue weighted by Gasteiger charge is -2.04. The van der Waals surface area contributed by atoms with Crippen LogP contribution < -0.4 is 0 Å². The van der Waals surface area contributed by atoms with Crippen LogP contribution in [0, 0.1) is 0 Å². The van der Waals surface area contributed by atoms with Gasteiger partial charge in [0.15, 0.2) is 0 Å². The van der Waals surface area contributed by atoms with Gasteiger partial charge in [-0.1, -0.05) is 15.9 Å². The smallest absolute Gasteiger partial charge is 0.118 e. The molecule has 1 aromatic heterocycles. The van der Waals surface area contributed by atoms with Gasteiger partial charge < -0.3 is 9.52 Å². The van der Waals surface area contributed by atoms with Crippen molar-refractivity contribution in [2.24, 2.45) is 0 Å². The lowest BCUT2D eigenvalue weighted by Crippen LogP contribution is -1.89. The quantitative estimate of drug-likeness (QED) is 0.921. The maximum atomic E-state index is 9.65. The number of rotatable bonds is 4. The van der Waals surface area contributed by atoms with E-state index in [2.05, 4.69) is 15.9 Å². The Balaban J connectivity index is 1.92. The molecule has 0 bridgehead atoms. The third kappa shape index (κ3) is 2.89. The van der Waals surface area contributed by atoms with E-state index in [0.717, 1.165) is 35.1 Å². The van der Waals surface area contributed by atoms with Gasteiger partial charge in [-0.25, -0.2) is 0 Å². The molecule has 0 spiro atoms. The van der Waals surface area contributed by atoms with Crippen LogP contribution in [-0.4, -0.2) is 5.11 Å².